The Labute approximate surface area is 86.4 Å². The molecule has 0 saturated carbocycles. The highest BCUT2D eigenvalue weighted by atomic mass is 32.2. The van der Waals surface area contributed by atoms with Crippen LogP contribution < -0.4 is 5.73 Å². The molecule has 0 spiro atoms. The number of nitrogens with zero attached hydrogens (tertiary/aromatic N) is 1. The summed E-state index contributed by atoms with van der Waals surface area (Å²) in [6.07, 6.45) is 0. The Bertz CT molecular complexity index is 301. The second kappa shape index (κ2) is 4.36. The lowest BCUT2D eigenvalue weighted by Crippen LogP contribution is -2.28. The van der Waals surface area contributed by atoms with Gasteiger partial charge >= 0.3 is 12.0 Å². The number of carbonyl (C=O) groups is 2. The SMILES string of the molecule is CCOC(=O)C1=C(C)CN(C(N)=O)S1. The van der Waals surface area contributed by atoms with Crippen LogP contribution in [0.2, 0.25) is 0 Å². The number of hydrogen-bond acceptors (Lipinski definition) is 4. The molecule has 5 nitrogen and oxygen atoms in total. The maximum Gasteiger partial charge on any atom is 0.346 e. The van der Waals surface area contributed by atoms with Gasteiger partial charge in [0.15, 0.2) is 0 Å². The molecule has 78 valence electrons. The van der Waals surface area contributed by atoms with Crippen LogP contribution in [0.25, 0.3) is 0 Å². The second-order valence-electron chi connectivity index (χ2n) is 2.80. The molecule has 0 aromatic rings. The smallest absolute Gasteiger partial charge is 0.346 e. The van der Waals surface area contributed by atoms with Gasteiger partial charge in [-0.2, -0.15) is 0 Å². The Morgan fingerprint density at radius 2 is 2.29 bits per heavy atom. The molecule has 0 saturated heterocycles. The number of amides is 2. The molecular formula is C8H12N2O3S. The Balaban J connectivity index is 2.67. The summed E-state index contributed by atoms with van der Waals surface area (Å²) in [5.41, 5.74) is 5.90. The number of carbonyl (C=O) groups excluding carboxylic acids is 2. The van der Waals surface area contributed by atoms with Gasteiger partial charge in [-0.3, -0.25) is 4.31 Å². The van der Waals surface area contributed by atoms with Crippen LogP contribution in [0.1, 0.15) is 13.8 Å². The van der Waals surface area contributed by atoms with Crippen molar-refractivity contribution in [1.82, 2.24) is 4.31 Å². The van der Waals surface area contributed by atoms with Gasteiger partial charge in [-0.15, -0.1) is 0 Å². The van der Waals surface area contributed by atoms with Gasteiger partial charge in [-0.25, -0.2) is 9.59 Å². The van der Waals surface area contributed by atoms with Crippen LogP contribution in [0.15, 0.2) is 10.5 Å². The van der Waals surface area contributed by atoms with E-state index in [-0.39, 0.29) is 0 Å². The van der Waals surface area contributed by atoms with Crippen molar-refractivity contribution in [1.29, 1.82) is 0 Å². The number of esters is 1. The van der Waals surface area contributed by atoms with E-state index in [0.29, 0.717) is 18.1 Å². The van der Waals surface area contributed by atoms with E-state index in [4.69, 9.17) is 10.5 Å². The number of rotatable bonds is 2. The first-order chi connectivity index (χ1) is 6.56. The molecule has 0 aromatic heterocycles. The van der Waals surface area contributed by atoms with Crippen LogP contribution in [0.3, 0.4) is 0 Å². The predicted molar refractivity (Wildman–Crippen MR) is 53.2 cm³/mol. The number of primary amides is 1. The van der Waals surface area contributed by atoms with Gasteiger partial charge < -0.3 is 10.5 Å². The summed E-state index contributed by atoms with van der Waals surface area (Å²) < 4.78 is 6.15. The van der Waals surface area contributed by atoms with Crippen molar-refractivity contribution in [2.45, 2.75) is 13.8 Å². The molecule has 1 heterocycles. The summed E-state index contributed by atoms with van der Waals surface area (Å²) in [4.78, 5) is 22.6. The maximum absolute atomic E-state index is 11.3. The summed E-state index contributed by atoms with van der Waals surface area (Å²) in [5.74, 6) is -0.390. The first kappa shape index (κ1) is 10.9. The van der Waals surface area contributed by atoms with E-state index in [1.54, 1.807) is 13.8 Å². The summed E-state index contributed by atoms with van der Waals surface area (Å²) >= 11 is 1.04. The van der Waals surface area contributed by atoms with Crippen LogP contribution >= 0.6 is 11.9 Å². The van der Waals surface area contributed by atoms with Gasteiger partial charge in [0.05, 0.1) is 13.2 Å². The van der Waals surface area contributed by atoms with Gasteiger partial charge in [0.25, 0.3) is 0 Å². The van der Waals surface area contributed by atoms with Crippen molar-refractivity contribution in [2.75, 3.05) is 13.2 Å². The van der Waals surface area contributed by atoms with Crippen molar-refractivity contribution >= 4 is 23.9 Å². The average Bonchev–Trinajstić information content (AvgIpc) is 2.48. The van der Waals surface area contributed by atoms with Gasteiger partial charge in [-0.05, 0) is 31.4 Å². The maximum atomic E-state index is 11.3. The molecule has 0 atom stereocenters. The van der Waals surface area contributed by atoms with Gasteiger partial charge in [-0.1, -0.05) is 0 Å². The number of ether oxygens (including phenoxy) is 1. The Morgan fingerprint density at radius 1 is 1.64 bits per heavy atom. The Kier molecular flexibility index (Phi) is 3.40. The zero-order chi connectivity index (χ0) is 10.7. The summed E-state index contributed by atoms with van der Waals surface area (Å²) in [5, 5.41) is 0. The fourth-order valence-corrected chi connectivity index (χ4v) is 1.96. The van der Waals surface area contributed by atoms with Gasteiger partial charge in [0, 0.05) is 0 Å². The number of hydrogen-bond donors (Lipinski definition) is 1. The largest absolute Gasteiger partial charge is 0.462 e. The molecule has 0 unspecified atom stereocenters. The highest BCUT2D eigenvalue weighted by molar-refractivity contribution is 8.02. The van der Waals surface area contributed by atoms with E-state index in [9.17, 15) is 9.59 Å². The zero-order valence-corrected chi connectivity index (χ0v) is 8.89. The fraction of sp³-hybridized carbons (Fsp3) is 0.500. The van der Waals surface area contributed by atoms with E-state index in [1.807, 2.05) is 0 Å². The normalized spacial score (nSPS) is 16.0. The van der Waals surface area contributed by atoms with Crippen molar-refractivity contribution in [3.05, 3.63) is 10.5 Å². The molecule has 0 aromatic carbocycles. The Morgan fingerprint density at radius 3 is 2.71 bits per heavy atom. The van der Waals surface area contributed by atoms with E-state index in [2.05, 4.69) is 0 Å². The third kappa shape index (κ3) is 2.20. The van der Waals surface area contributed by atoms with Crippen molar-refractivity contribution < 1.29 is 14.3 Å². The predicted octanol–water partition coefficient (Wildman–Crippen LogP) is 0.866. The highest BCUT2D eigenvalue weighted by Crippen LogP contribution is 2.32. The van der Waals surface area contributed by atoms with Crippen LogP contribution in [0.5, 0.6) is 0 Å². The summed E-state index contributed by atoms with van der Waals surface area (Å²) in [7, 11) is 0. The van der Waals surface area contributed by atoms with Gasteiger partial charge in [0.1, 0.15) is 4.91 Å². The van der Waals surface area contributed by atoms with Gasteiger partial charge in [0.2, 0.25) is 0 Å². The molecule has 6 heteroatoms. The molecule has 1 rings (SSSR count). The standard InChI is InChI=1S/C8H12N2O3S/c1-3-13-7(11)6-5(2)4-10(14-6)8(9)12/h3-4H2,1-2H3,(H2,9,12). The molecule has 2 N–H and O–H groups in total. The topological polar surface area (TPSA) is 72.6 Å². The lowest BCUT2D eigenvalue weighted by Gasteiger charge is -2.10. The minimum Gasteiger partial charge on any atom is -0.462 e. The number of nitrogens with two attached hydrogens (primary N) is 1. The third-order valence-corrected chi connectivity index (χ3v) is 2.90. The average molecular weight is 216 g/mol. The van der Waals surface area contributed by atoms with E-state index in [0.717, 1.165) is 17.5 Å². The zero-order valence-electron chi connectivity index (χ0n) is 8.07. The molecular weight excluding hydrogens is 204 g/mol. The highest BCUT2D eigenvalue weighted by Gasteiger charge is 2.28. The van der Waals surface area contributed by atoms with Crippen molar-refractivity contribution in [3.63, 3.8) is 0 Å². The molecule has 1 aliphatic rings. The molecule has 2 amide bonds. The van der Waals surface area contributed by atoms with Crippen molar-refractivity contribution in [2.24, 2.45) is 5.73 Å². The lowest BCUT2D eigenvalue weighted by molar-refractivity contribution is -0.137. The molecule has 0 bridgehead atoms. The minimum atomic E-state index is -0.548. The first-order valence-electron chi connectivity index (χ1n) is 4.18. The molecule has 14 heavy (non-hydrogen) atoms. The third-order valence-electron chi connectivity index (χ3n) is 1.68. The van der Waals surface area contributed by atoms with E-state index >= 15 is 0 Å². The molecule has 1 aliphatic heterocycles. The van der Waals surface area contributed by atoms with Crippen molar-refractivity contribution in [3.8, 4) is 0 Å². The summed E-state index contributed by atoms with van der Waals surface area (Å²) in [6, 6.07) is -0.548. The van der Waals surface area contributed by atoms with E-state index in [1.165, 1.54) is 4.31 Å². The van der Waals surface area contributed by atoms with E-state index < -0.39 is 12.0 Å². The molecule has 0 aliphatic carbocycles. The van der Waals surface area contributed by atoms with Crippen LogP contribution in [0.4, 0.5) is 4.79 Å². The van der Waals surface area contributed by atoms with Crippen LogP contribution in [0, 0.1) is 0 Å². The quantitative estimate of drug-likeness (QED) is 0.549. The first-order valence-corrected chi connectivity index (χ1v) is 4.95. The van der Waals surface area contributed by atoms with Crippen LogP contribution in [-0.4, -0.2) is 29.5 Å². The minimum absolute atomic E-state index is 0.326. The fourth-order valence-electron chi connectivity index (χ4n) is 1.04. The Hall–Kier alpha value is -1.17. The van der Waals surface area contributed by atoms with Crippen LogP contribution in [-0.2, 0) is 9.53 Å². The summed E-state index contributed by atoms with van der Waals surface area (Å²) in [6.45, 7) is 4.22. The molecule has 0 radical (unpaired) electrons. The monoisotopic (exact) mass is 216 g/mol. The second-order valence-corrected chi connectivity index (χ2v) is 3.83. The molecule has 0 fully saturated rings. The lowest BCUT2D eigenvalue weighted by atomic mass is 10.3. The number of urea groups is 1.